The predicted octanol–water partition coefficient (Wildman–Crippen LogP) is 6.71. The summed E-state index contributed by atoms with van der Waals surface area (Å²) in [5.41, 5.74) is 0. The largest absolute Gasteiger partial charge is 0.342 e. The molecule has 0 N–H and O–H groups in total. The molecule has 0 saturated carbocycles. The van der Waals surface area contributed by atoms with Crippen LogP contribution in [0, 0.1) is 0 Å². The van der Waals surface area contributed by atoms with E-state index in [2.05, 4.69) is 34.7 Å². The third-order valence-corrected chi connectivity index (χ3v) is 5.01. The van der Waals surface area contributed by atoms with Crippen molar-refractivity contribution in [1.29, 1.82) is 0 Å². The Bertz CT molecular complexity index is 240. The highest BCUT2D eigenvalue weighted by Crippen LogP contribution is 2.10. The average Bonchev–Trinajstić information content (AvgIpc) is 2.57. The lowest BCUT2D eigenvalue weighted by molar-refractivity contribution is -0.128. The van der Waals surface area contributed by atoms with E-state index in [1.54, 1.807) is 0 Å². The van der Waals surface area contributed by atoms with Crippen LogP contribution in [0.15, 0.2) is 0 Å². The summed E-state index contributed by atoms with van der Waals surface area (Å²) in [5.74, 6) is 0.266. The van der Waals surface area contributed by atoms with Crippen molar-refractivity contribution in [2.45, 2.75) is 104 Å². The number of halogens is 1. The van der Waals surface area contributed by atoms with Gasteiger partial charge in [-0.25, -0.2) is 0 Å². The monoisotopic (exact) mass is 389 g/mol. The zero-order valence-corrected chi connectivity index (χ0v) is 17.3. The molecule has 23 heavy (non-hydrogen) atoms. The summed E-state index contributed by atoms with van der Waals surface area (Å²) in [5, 5.41) is 0.472. The van der Waals surface area contributed by atoms with Crippen molar-refractivity contribution < 1.29 is 4.79 Å². The van der Waals surface area contributed by atoms with Crippen molar-refractivity contribution in [1.82, 2.24) is 4.90 Å². The lowest BCUT2D eigenvalue weighted by Crippen LogP contribution is -2.33. The van der Waals surface area contributed by atoms with Crippen LogP contribution in [0.4, 0.5) is 0 Å². The van der Waals surface area contributed by atoms with Crippen LogP contribution in [-0.2, 0) is 4.79 Å². The Kier molecular flexibility index (Phi) is 18.3. The number of hydrogen-bond donors (Lipinski definition) is 0. The Morgan fingerprint density at radius 1 is 0.652 bits per heavy atom. The molecule has 0 radical (unpaired) electrons. The molecule has 0 spiro atoms. The molecule has 0 aromatic heterocycles. The topological polar surface area (TPSA) is 20.3 Å². The first-order valence-corrected chi connectivity index (χ1v) is 11.2. The quantitative estimate of drug-likeness (QED) is 0.200. The van der Waals surface area contributed by atoms with Gasteiger partial charge >= 0.3 is 0 Å². The molecule has 2 nitrogen and oxygen atoms in total. The first-order chi connectivity index (χ1) is 11.3. The fraction of sp³-hybridized carbons (Fsp3) is 0.950. The van der Waals surface area contributed by atoms with Gasteiger partial charge in [-0.3, -0.25) is 4.79 Å². The van der Waals surface area contributed by atoms with Crippen molar-refractivity contribution in [3.63, 3.8) is 0 Å². The van der Waals surface area contributed by atoms with Gasteiger partial charge < -0.3 is 4.90 Å². The summed E-state index contributed by atoms with van der Waals surface area (Å²) >= 11 is 3.33. The Balaban J connectivity index is 3.67. The maximum Gasteiger partial charge on any atom is 0.233 e. The molecule has 1 amide bonds. The van der Waals surface area contributed by atoms with Crippen molar-refractivity contribution in [3.05, 3.63) is 0 Å². The Hall–Kier alpha value is -0.0500. The van der Waals surface area contributed by atoms with E-state index in [0.717, 1.165) is 13.1 Å². The molecule has 0 bridgehead atoms. The molecule has 3 heteroatoms. The van der Waals surface area contributed by atoms with E-state index in [9.17, 15) is 4.79 Å². The second-order valence-corrected chi connectivity index (χ2v) is 7.32. The lowest BCUT2D eigenvalue weighted by atomic mass is 10.1. The van der Waals surface area contributed by atoms with Gasteiger partial charge in [0.15, 0.2) is 0 Å². The number of unbranched alkanes of at least 4 members (excludes halogenated alkanes) is 12. The minimum Gasteiger partial charge on any atom is -0.342 e. The summed E-state index contributed by atoms with van der Waals surface area (Å²) < 4.78 is 0. The number of nitrogens with zero attached hydrogens (tertiary/aromatic N) is 1. The highest BCUT2D eigenvalue weighted by Gasteiger charge is 2.10. The third kappa shape index (κ3) is 15.2. The standard InChI is InChI=1S/C20H40BrNO/c1-3-5-7-9-11-13-15-17-22(20(23)19-21)18-16-14-12-10-8-6-4-2/h3-19H2,1-2H3. The minimum atomic E-state index is 0.266. The van der Waals surface area contributed by atoms with E-state index in [1.807, 2.05) is 0 Å². The summed E-state index contributed by atoms with van der Waals surface area (Å²) in [7, 11) is 0. The van der Waals surface area contributed by atoms with Crippen molar-refractivity contribution in [2.75, 3.05) is 18.4 Å². The molecular weight excluding hydrogens is 350 g/mol. The predicted molar refractivity (Wildman–Crippen MR) is 106 cm³/mol. The van der Waals surface area contributed by atoms with Gasteiger partial charge in [0.2, 0.25) is 5.91 Å². The van der Waals surface area contributed by atoms with Crippen LogP contribution in [0.3, 0.4) is 0 Å². The molecule has 0 aliphatic heterocycles. The molecule has 0 atom stereocenters. The number of carbonyl (C=O) groups is 1. The summed E-state index contributed by atoms with van der Waals surface area (Å²) in [4.78, 5) is 14.1. The molecule has 0 unspecified atom stereocenters. The maximum atomic E-state index is 12.0. The lowest BCUT2D eigenvalue weighted by Gasteiger charge is -2.22. The molecule has 0 rings (SSSR count). The molecule has 0 saturated heterocycles. The molecule has 0 aliphatic rings. The van der Waals surface area contributed by atoms with Gasteiger partial charge in [-0.2, -0.15) is 0 Å². The molecular formula is C20H40BrNO. The zero-order chi connectivity index (χ0) is 17.2. The van der Waals surface area contributed by atoms with Crippen LogP contribution < -0.4 is 0 Å². The van der Waals surface area contributed by atoms with Crippen molar-refractivity contribution >= 4 is 21.8 Å². The first-order valence-electron chi connectivity index (χ1n) is 10.1. The van der Waals surface area contributed by atoms with Crippen molar-refractivity contribution in [2.24, 2.45) is 0 Å². The average molecular weight is 390 g/mol. The maximum absolute atomic E-state index is 12.0. The number of hydrogen-bond acceptors (Lipinski definition) is 1. The Morgan fingerprint density at radius 2 is 1.00 bits per heavy atom. The second-order valence-electron chi connectivity index (χ2n) is 6.76. The van der Waals surface area contributed by atoms with E-state index in [4.69, 9.17) is 0 Å². The number of carbonyl (C=O) groups excluding carboxylic acids is 1. The summed E-state index contributed by atoms with van der Waals surface area (Å²) in [6.07, 6.45) is 18.4. The van der Waals surface area contributed by atoms with Crippen LogP contribution in [-0.4, -0.2) is 29.2 Å². The van der Waals surface area contributed by atoms with Gasteiger partial charge in [0, 0.05) is 13.1 Å². The van der Waals surface area contributed by atoms with E-state index < -0.39 is 0 Å². The fourth-order valence-electron chi connectivity index (χ4n) is 2.97. The summed E-state index contributed by atoms with van der Waals surface area (Å²) in [6.45, 7) is 6.42. The molecule has 0 heterocycles. The Labute approximate surface area is 153 Å². The normalized spacial score (nSPS) is 10.9. The van der Waals surface area contributed by atoms with Gasteiger partial charge in [0.05, 0.1) is 5.33 Å². The number of amides is 1. The van der Waals surface area contributed by atoms with Crippen LogP contribution >= 0.6 is 15.9 Å². The molecule has 0 aromatic rings. The van der Waals surface area contributed by atoms with Gasteiger partial charge in [-0.1, -0.05) is 107 Å². The molecule has 0 aromatic carbocycles. The van der Waals surface area contributed by atoms with Gasteiger partial charge in [-0.15, -0.1) is 0 Å². The van der Waals surface area contributed by atoms with E-state index in [-0.39, 0.29) is 5.91 Å². The van der Waals surface area contributed by atoms with Gasteiger partial charge in [-0.05, 0) is 12.8 Å². The van der Waals surface area contributed by atoms with Gasteiger partial charge in [0.25, 0.3) is 0 Å². The SMILES string of the molecule is CCCCCCCCCN(CCCCCCCCC)C(=O)CBr. The number of rotatable bonds is 17. The zero-order valence-electron chi connectivity index (χ0n) is 15.8. The Morgan fingerprint density at radius 3 is 1.35 bits per heavy atom. The van der Waals surface area contributed by atoms with E-state index >= 15 is 0 Å². The third-order valence-electron chi connectivity index (χ3n) is 4.53. The van der Waals surface area contributed by atoms with Crippen LogP contribution in [0.25, 0.3) is 0 Å². The van der Waals surface area contributed by atoms with Crippen LogP contribution in [0.5, 0.6) is 0 Å². The molecule has 0 fully saturated rings. The fourth-order valence-corrected chi connectivity index (χ4v) is 3.32. The first kappa shape index (κ1) is 22.9. The van der Waals surface area contributed by atoms with Crippen molar-refractivity contribution in [3.8, 4) is 0 Å². The highest BCUT2D eigenvalue weighted by atomic mass is 79.9. The van der Waals surface area contributed by atoms with Crippen LogP contribution in [0.2, 0.25) is 0 Å². The minimum absolute atomic E-state index is 0.266. The highest BCUT2D eigenvalue weighted by molar-refractivity contribution is 9.09. The van der Waals surface area contributed by atoms with Crippen LogP contribution in [0.1, 0.15) is 104 Å². The molecule has 0 aliphatic carbocycles. The molecule has 138 valence electrons. The summed E-state index contributed by atoms with van der Waals surface area (Å²) in [6, 6.07) is 0. The number of alkyl halides is 1. The smallest absolute Gasteiger partial charge is 0.233 e. The van der Waals surface area contributed by atoms with E-state index in [1.165, 1.54) is 89.9 Å². The van der Waals surface area contributed by atoms with E-state index in [0.29, 0.717) is 5.33 Å². The van der Waals surface area contributed by atoms with Gasteiger partial charge in [0.1, 0.15) is 0 Å². The second kappa shape index (κ2) is 18.3.